The second-order valence-electron chi connectivity index (χ2n) is 4.96. The molecule has 1 aliphatic heterocycles. The smallest absolute Gasteiger partial charge is 0.263 e. The summed E-state index contributed by atoms with van der Waals surface area (Å²) in [7, 11) is 0. The fourth-order valence-electron chi connectivity index (χ4n) is 2.04. The molecule has 0 saturated carbocycles. The van der Waals surface area contributed by atoms with Gasteiger partial charge in [0.05, 0.1) is 9.38 Å². The highest BCUT2D eigenvalue weighted by Crippen LogP contribution is 2.30. The lowest BCUT2D eigenvalue weighted by molar-refractivity contribution is -0.115. The fraction of sp³-hybridized carbons (Fsp3) is 0.0588. The van der Waals surface area contributed by atoms with E-state index in [0.29, 0.717) is 21.6 Å². The van der Waals surface area contributed by atoms with Gasteiger partial charge in [-0.2, -0.15) is 0 Å². The molecule has 0 spiro atoms. The van der Waals surface area contributed by atoms with E-state index in [1.165, 1.54) is 23.9 Å². The van der Waals surface area contributed by atoms with Crippen LogP contribution < -0.4 is 10.1 Å². The number of halogens is 2. The number of hydrogen-bond acceptors (Lipinski definition) is 4. The van der Waals surface area contributed by atoms with E-state index < -0.39 is 0 Å². The largest absolute Gasteiger partial charge is 0.488 e. The Labute approximate surface area is 156 Å². The fourth-order valence-corrected chi connectivity index (χ4v) is 3.59. The van der Waals surface area contributed by atoms with Crippen molar-refractivity contribution in [2.75, 3.05) is 0 Å². The molecule has 24 heavy (non-hydrogen) atoms. The first-order chi connectivity index (χ1) is 11.5. The Morgan fingerprint density at radius 3 is 2.62 bits per heavy atom. The molecule has 122 valence electrons. The summed E-state index contributed by atoms with van der Waals surface area (Å²) in [5.41, 5.74) is 1.74. The predicted molar refractivity (Wildman–Crippen MR) is 101 cm³/mol. The van der Waals surface area contributed by atoms with Crippen LogP contribution in [0.1, 0.15) is 11.1 Å². The number of amides is 1. The molecule has 7 heteroatoms. The van der Waals surface area contributed by atoms with Gasteiger partial charge in [-0.05, 0) is 57.4 Å². The molecule has 0 radical (unpaired) electrons. The Morgan fingerprint density at radius 2 is 2.00 bits per heavy atom. The van der Waals surface area contributed by atoms with Gasteiger partial charge in [-0.25, -0.2) is 4.39 Å². The lowest BCUT2D eigenvalue weighted by Gasteiger charge is -2.09. The molecule has 0 unspecified atom stereocenters. The van der Waals surface area contributed by atoms with Crippen LogP contribution in [0.3, 0.4) is 0 Å². The van der Waals surface area contributed by atoms with Crippen molar-refractivity contribution in [3.63, 3.8) is 0 Å². The van der Waals surface area contributed by atoms with Crippen molar-refractivity contribution in [2.24, 2.45) is 0 Å². The molecule has 0 aromatic heterocycles. The van der Waals surface area contributed by atoms with Crippen molar-refractivity contribution >= 4 is 56.2 Å². The molecule has 1 aliphatic rings. The zero-order chi connectivity index (χ0) is 17.1. The Hall–Kier alpha value is -1.70. The van der Waals surface area contributed by atoms with E-state index in [1.807, 2.05) is 18.2 Å². The normalized spacial score (nSPS) is 15.7. The molecule has 1 amide bonds. The van der Waals surface area contributed by atoms with Gasteiger partial charge in [0.2, 0.25) is 0 Å². The van der Waals surface area contributed by atoms with Crippen LogP contribution in [0, 0.1) is 5.82 Å². The number of carbonyl (C=O) groups excluding carboxylic acids is 1. The summed E-state index contributed by atoms with van der Waals surface area (Å²) in [4.78, 5) is 12.2. The van der Waals surface area contributed by atoms with E-state index in [4.69, 9.17) is 17.0 Å². The van der Waals surface area contributed by atoms with Gasteiger partial charge in [0, 0.05) is 0 Å². The lowest BCUT2D eigenvalue weighted by Crippen LogP contribution is -2.17. The van der Waals surface area contributed by atoms with Crippen molar-refractivity contribution in [1.29, 1.82) is 0 Å². The third-order valence-corrected chi connectivity index (χ3v) is 4.99. The highest BCUT2D eigenvalue weighted by molar-refractivity contribution is 9.10. The molecular formula is C17H11BrFNO2S2. The molecule has 2 aromatic rings. The van der Waals surface area contributed by atoms with Crippen LogP contribution in [0.4, 0.5) is 4.39 Å². The minimum absolute atomic E-state index is 0.183. The number of carbonyl (C=O) groups is 1. The molecule has 3 nitrogen and oxygen atoms in total. The first-order valence-corrected chi connectivity index (χ1v) is 8.95. The number of hydrogen-bond donors (Lipinski definition) is 1. The molecule has 1 N–H and O–H groups in total. The van der Waals surface area contributed by atoms with Gasteiger partial charge in [-0.15, -0.1) is 0 Å². The first kappa shape index (κ1) is 17.1. The van der Waals surface area contributed by atoms with Crippen LogP contribution in [0.15, 0.2) is 51.8 Å². The van der Waals surface area contributed by atoms with Gasteiger partial charge >= 0.3 is 0 Å². The third kappa shape index (κ3) is 4.23. The minimum atomic E-state index is -0.273. The molecule has 0 atom stereocenters. The summed E-state index contributed by atoms with van der Waals surface area (Å²) in [6.45, 7) is 0.339. The summed E-state index contributed by atoms with van der Waals surface area (Å²) < 4.78 is 19.8. The highest BCUT2D eigenvalue weighted by Gasteiger charge is 2.21. The standard InChI is InChI=1S/C17H11BrFNO2S2/c18-13-7-11(8-15-16(21)20-17(23)24-15)3-6-14(13)22-9-10-1-4-12(19)5-2-10/h1-8H,9H2,(H,20,21,23)/b15-8-. The molecule has 1 heterocycles. The predicted octanol–water partition coefficient (Wildman–Crippen LogP) is 4.66. The minimum Gasteiger partial charge on any atom is -0.488 e. The van der Waals surface area contributed by atoms with E-state index in [1.54, 1.807) is 18.2 Å². The van der Waals surface area contributed by atoms with E-state index in [-0.39, 0.29) is 11.7 Å². The number of thiocarbonyl (C=S) groups is 1. The summed E-state index contributed by atoms with van der Waals surface area (Å²) in [6, 6.07) is 11.7. The van der Waals surface area contributed by atoms with Crippen molar-refractivity contribution < 1.29 is 13.9 Å². The summed E-state index contributed by atoms with van der Waals surface area (Å²) in [5.74, 6) is 0.212. The van der Waals surface area contributed by atoms with E-state index in [9.17, 15) is 9.18 Å². The van der Waals surface area contributed by atoms with Crippen molar-refractivity contribution in [2.45, 2.75) is 6.61 Å². The van der Waals surface area contributed by atoms with Crippen LogP contribution in [-0.2, 0) is 11.4 Å². The SMILES string of the molecule is O=C1NC(=S)S/C1=C\c1ccc(OCc2ccc(F)cc2)c(Br)c1. The van der Waals surface area contributed by atoms with Crippen LogP contribution in [0.25, 0.3) is 6.08 Å². The zero-order valence-corrected chi connectivity index (χ0v) is 15.4. The van der Waals surface area contributed by atoms with Crippen LogP contribution in [-0.4, -0.2) is 10.2 Å². The molecule has 3 rings (SSSR count). The average molecular weight is 424 g/mol. The number of rotatable bonds is 4. The molecular weight excluding hydrogens is 413 g/mol. The van der Waals surface area contributed by atoms with Crippen molar-refractivity contribution in [1.82, 2.24) is 5.32 Å². The Kier molecular flexibility index (Phi) is 5.33. The highest BCUT2D eigenvalue weighted by atomic mass is 79.9. The molecule has 0 bridgehead atoms. The van der Waals surface area contributed by atoms with E-state index in [2.05, 4.69) is 21.2 Å². The van der Waals surface area contributed by atoms with Crippen LogP contribution in [0.5, 0.6) is 5.75 Å². The van der Waals surface area contributed by atoms with Crippen LogP contribution in [0.2, 0.25) is 0 Å². The quantitative estimate of drug-likeness (QED) is 0.573. The monoisotopic (exact) mass is 423 g/mol. The van der Waals surface area contributed by atoms with Gasteiger partial charge in [-0.3, -0.25) is 4.79 Å². The maximum absolute atomic E-state index is 12.9. The third-order valence-electron chi connectivity index (χ3n) is 3.20. The van der Waals surface area contributed by atoms with E-state index >= 15 is 0 Å². The molecule has 1 saturated heterocycles. The molecule has 1 fully saturated rings. The van der Waals surface area contributed by atoms with Gasteiger partial charge in [0.25, 0.3) is 5.91 Å². The van der Waals surface area contributed by atoms with Crippen LogP contribution >= 0.6 is 39.9 Å². The first-order valence-electron chi connectivity index (χ1n) is 6.93. The Bertz CT molecular complexity index is 837. The maximum atomic E-state index is 12.9. The van der Waals surface area contributed by atoms with Gasteiger partial charge in [0.15, 0.2) is 0 Å². The van der Waals surface area contributed by atoms with E-state index in [0.717, 1.165) is 15.6 Å². The second kappa shape index (κ2) is 7.46. The summed E-state index contributed by atoms with van der Waals surface area (Å²) >= 11 is 9.67. The lowest BCUT2D eigenvalue weighted by atomic mass is 10.2. The maximum Gasteiger partial charge on any atom is 0.263 e. The van der Waals surface area contributed by atoms with Crippen molar-refractivity contribution in [3.8, 4) is 5.75 Å². The average Bonchev–Trinajstić information content (AvgIpc) is 2.86. The number of thioether (sulfide) groups is 1. The van der Waals surface area contributed by atoms with Gasteiger partial charge in [-0.1, -0.05) is 42.2 Å². The topological polar surface area (TPSA) is 38.3 Å². The summed E-state index contributed by atoms with van der Waals surface area (Å²) in [5, 5.41) is 2.58. The number of ether oxygens (including phenoxy) is 1. The molecule has 0 aliphatic carbocycles. The number of benzene rings is 2. The van der Waals surface area contributed by atoms with Crippen molar-refractivity contribution in [3.05, 3.63) is 68.8 Å². The van der Waals surface area contributed by atoms with Gasteiger partial charge < -0.3 is 10.1 Å². The second-order valence-corrected chi connectivity index (χ2v) is 7.53. The number of nitrogens with one attached hydrogen (secondary N) is 1. The van der Waals surface area contributed by atoms with Gasteiger partial charge in [0.1, 0.15) is 22.5 Å². The summed E-state index contributed by atoms with van der Waals surface area (Å²) in [6.07, 6.45) is 1.77. The Morgan fingerprint density at radius 1 is 1.25 bits per heavy atom. The Balaban J connectivity index is 1.70. The zero-order valence-electron chi connectivity index (χ0n) is 12.2. The molecule has 2 aromatic carbocycles.